The second-order valence-electron chi connectivity index (χ2n) is 6.64. The molecule has 2 aromatic heterocycles. The van der Waals surface area contributed by atoms with E-state index in [0.29, 0.717) is 5.69 Å². The molecular formula is C23H18N2O2. The van der Waals surface area contributed by atoms with Gasteiger partial charge in [-0.2, -0.15) is 0 Å². The van der Waals surface area contributed by atoms with Crippen LogP contribution in [-0.4, -0.2) is 22.2 Å². The number of para-hydroxylation sites is 1. The molecule has 0 atom stereocenters. The zero-order chi connectivity index (χ0) is 18.4. The van der Waals surface area contributed by atoms with E-state index in [9.17, 15) is 5.11 Å². The van der Waals surface area contributed by atoms with E-state index in [2.05, 4.69) is 41.4 Å². The molecule has 0 saturated carbocycles. The lowest BCUT2D eigenvalue weighted by atomic mass is 10.0. The first kappa shape index (κ1) is 15.9. The lowest BCUT2D eigenvalue weighted by Crippen LogP contribution is -1.94. The molecule has 0 fully saturated rings. The van der Waals surface area contributed by atoms with Gasteiger partial charge in [-0.1, -0.05) is 36.4 Å². The highest BCUT2D eigenvalue weighted by atomic mass is 16.5. The quantitative estimate of drug-likeness (QED) is 0.477. The average molecular weight is 354 g/mol. The lowest BCUT2D eigenvalue weighted by molar-refractivity contribution is 0.277. The average Bonchev–Trinajstić information content (AvgIpc) is 3.10. The molecule has 0 aliphatic carbocycles. The predicted octanol–water partition coefficient (Wildman–Crippen LogP) is 5.04. The van der Waals surface area contributed by atoms with E-state index < -0.39 is 0 Å². The molecule has 2 N–H and O–H groups in total. The third-order valence-electron chi connectivity index (χ3n) is 5.03. The second-order valence-corrected chi connectivity index (χ2v) is 6.64. The number of rotatable bonds is 3. The molecule has 0 aliphatic heterocycles. The number of aliphatic hydroxyl groups excluding tert-OH is 1. The molecule has 4 heteroatoms. The van der Waals surface area contributed by atoms with E-state index in [1.54, 1.807) is 7.11 Å². The van der Waals surface area contributed by atoms with Crippen LogP contribution < -0.4 is 4.74 Å². The minimum atomic E-state index is -0.0901. The summed E-state index contributed by atoms with van der Waals surface area (Å²) in [4.78, 5) is 8.22. The van der Waals surface area contributed by atoms with Crippen LogP contribution in [-0.2, 0) is 6.61 Å². The summed E-state index contributed by atoms with van der Waals surface area (Å²) in [6.45, 7) is -0.0901. The zero-order valence-corrected chi connectivity index (χ0v) is 14.9. The normalized spacial score (nSPS) is 11.5. The number of methoxy groups -OCH3 is 1. The summed E-state index contributed by atoms with van der Waals surface area (Å²) < 4.78 is 5.31. The van der Waals surface area contributed by atoms with Gasteiger partial charge in [-0.3, -0.25) is 0 Å². The fourth-order valence-electron chi connectivity index (χ4n) is 3.69. The van der Waals surface area contributed by atoms with Crippen LogP contribution in [0, 0.1) is 0 Å². The monoisotopic (exact) mass is 354 g/mol. The van der Waals surface area contributed by atoms with Crippen molar-refractivity contribution in [2.24, 2.45) is 0 Å². The number of nitrogens with zero attached hydrogens (tertiary/aromatic N) is 1. The number of benzene rings is 3. The van der Waals surface area contributed by atoms with Gasteiger partial charge >= 0.3 is 0 Å². The lowest BCUT2D eigenvalue weighted by Gasteiger charge is -2.08. The van der Waals surface area contributed by atoms with Crippen LogP contribution in [0.3, 0.4) is 0 Å². The number of aromatic amines is 1. The van der Waals surface area contributed by atoms with E-state index in [1.807, 2.05) is 30.3 Å². The Morgan fingerprint density at radius 2 is 1.74 bits per heavy atom. The minimum Gasteiger partial charge on any atom is -0.497 e. The van der Waals surface area contributed by atoms with E-state index in [0.717, 1.165) is 49.6 Å². The maximum atomic E-state index is 9.72. The molecule has 2 heterocycles. The maximum Gasteiger partial charge on any atom is 0.119 e. The zero-order valence-electron chi connectivity index (χ0n) is 14.9. The molecule has 0 aliphatic rings. The van der Waals surface area contributed by atoms with Crippen LogP contribution in [0.4, 0.5) is 0 Å². The summed E-state index contributed by atoms with van der Waals surface area (Å²) in [5.74, 6) is 0.841. The molecule has 4 nitrogen and oxygen atoms in total. The highest BCUT2D eigenvalue weighted by Crippen LogP contribution is 2.34. The molecule has 27 heavy (non-hydrogen) atoms. The molecule has 0 spiro atoms. The number of fused-ring (bicyclic) bond motifs is 4. The van der Waals surface area contributed by atoms with Gasteiger partial charge < -0.3 is 14.8 Å². The molecule has 5 rings (SSSR count). The van der Waals surface area contributed by atoms with Crippen molar-refractivity contribution in [2.75, 3.05) is 7.11 Å². The number of hydrogen-bond acceptors (Lipinski definition) is 3. The molecule has 3 aromatic carbocycles. The van der Waals surface area contributed by atoms with E-state index in [4.69, 9.17) is 9.72 Å². The molecule has 0 unspecified atom stereocenters. The number of aromatic nitrogens is 2. The Kier molecular flexibility index (Phi) is 3.59. The summed E-state index contributed by atoms with van der Waals surface area (Å²) in [6, 6.07) is 22.5. The van der Waals surface area contributed by atoms with Gasteiger partial charge in [0, 0.05) is 21.9 Å². The van der Waals surface area contributed by atoms with Gasteiger partial charge in [-0.15, -0.1) is 0 Å². The fraction of sp³-hybridized carbons (Fsp3) is 0.0870. The fourth-order valence-corrected chi connectivity index (χ4v) is 3.69. The largest absolute Gasteiger partial charge is 0.497 e. The highest BCUT2D eigenvalue weighted by molar-refractivity contribution is 6.11. The van der Waals surface area contributed by atoms with Crippen LogP contribution in [0.5, 0.6) is 5.75 Å². The summed E-state index contributed by atoms with van der Waals surface area (Å²) in [7, 11) is 1.67. The SMILES string of the molecule is COc1ccc2cc(-c3nc(CO)cc4c3[nH]c3ccccc34)ccc2c1. The number of hydrogen-bond donors (Lipinski definition) is 2. The Hall–Kier alpha value is -3.37. The number of nitrogens with one attached hydrogen (secondary N) is 1. The summed E-state index contributed by atoms with van der Waals surface area (Å²) >= 11 is 0. The summed E-state index contributed by atoms with van der Waals surface area (Å²) in [5.41, 5.74) is 4.58. The van der Waals surface area contributed by atoms with Gasteiger partial charge in [-0.25, -0.2) is 4.98 Å². The van der Waals surface area contributed by atoms with Crippen molar-refractivity contribution in [3.8, 4) is 17.0 Å². The number of aliphatic hydroxyl groups is 1. The third kappa shape index (κ3) is 2.54. The molecule has 132 valence electrons. The standard InChI is InChI=1S/C23H18N2O2/c1-27-18-9-8-14-10-16(7-6-15(14)11-18)22-23-20(12-17(13-26)24-22)19-4-2-3-5-21(19)25-23/h2-12,25-26H,13H2,1H3. The Bertz CT molecular complexity index is 1300. The number of H-pyrrole nitrogens is 1. The van der Waals surface area contributed by atoms with Gasteiger partial charge in [0.2, 0.25) is 0 Å². The Morgan fingerprint density at radius 3 is 2.59 bits per heavy atom. The summed E-state index contributed by atoms with van der Waals surface area (Å²) in [5, 5.41) is 14.2. The molecule has 0 amide bonds. The Morgan fingerprint density at radius 1 is 0.926 bits per heavy atom. The van der Waals surface area contributed by atoms with E-state index >= 15 is 0 Å². The smallest absolute Gasteiger partial charge is 0.119 e. The third-order valence-corrected chi connectivity index (χ3v) is 5.03. The highest BCUT2D eigenvalue weighted by Gasteiger charge is 2.13. The first-order chi connectivity index (χ1) is 13.3. The Labute approximate surface area is 156 Å². The van der Waals surface area contributed by atoms with Crippen LogP contribution >= 0.6 is 0 Å². The van der Waals surface area contributed by atoms with Crippen molar-refractivity contribution < 1.29 is 9.84 Å². The van der Waals surface area contributed by atoms with E-state index in [1.165, 1.54) is 0 Å². The van der Waals surface area contributed by atoms with Gasteiger partial charge in [0.1, 0.15) is 5.75 Å². The van der Waals surface area contributed by atoms with Crippen molar-refractivity contribution in [1.82, 2.24) is 9.97 Å². The van der Waals surface area contributed by atoms with Crippen molar-refractivity contribution in [2.45, 2.75) is 6.61 Å². The molecule has 0 saturated heterocycles. The predicted molar refractivity (Wildman–Crippen MR) is 109 cm³/mol. The molecule has 0 bridgehead atoms. The first-order valence-electron chi connectivity index (χ1n) is 8.86. The van der Waals surface area contributed by atoms with Gasteiger partial charge in [-0.05, 0) is 41.1 Å². The van der Waals surface area contributed by atoms with Crippen molar-refractivity contribution >= 4 is 32.6 Å². The van der Waals surface area contributed by atoms with Gasteiger partial charge in [0.05, 0.1) is 30.6 Å². The number of ether oxygens (including phenoxy) is 1. The molecular weight excluding hydrogens is 336 g/mol. The van der Waals surface area contributed by atoms with Crippen molar-refractivity contribution in [1.29, 1.82) is 0 Å². The van der Waals surface area contributed by atoms with Gasteiger partial charge in [0.25, 0.3) is 0 Å². The molecule has 0 radical (unpaired) electrons. The van der Waals surface area contributed by atoms with Gasteiger partial charge in [0.15, 0.2) is 0 Å². The van der Waals surface area contributed by atoms with E-state index in [-0.39, 0.29) is 6.61 Å². The minimum absolute atomic E-state index is 0.0901. The van der Waals surface area contributed by atoms with Crippen LogP contribution in [0.15, 0.2) is 66.7 Å². The Balaban J connectivity index is 1.79. The topological polar surface area (TPSA) is 58.1 Å². The first-order valence-corrected chi connectivity index (χ1v) is 8.86. The second kappa shape index (κ2) is 6.11. The van der Waals surface area contributed by atoms with Crippen molar-refractivity contribution in [3.63, 3.8) is 0 Å². The summed E-state index contributed by atoms with van der Waals surface area (Å²) in [6.07, 6.45) is 0. The van der Waals surface area contributed by atoms with Crippen LogP contribution in [0.2, 0.25) is 0 Å². The van der Waals surface area contributed by atoms with Crippen LogP contribution in [0.1, 0.15) is 5.69 Å². The maximum absolute atomic E-state index is 9.72. The van der Waals surface area contributed by atoms with Crippen LogP contribution in [0.25, 0.3) is 43.8 Å². The number of pyridine rings is 1. The molecule has 5 aromatic rings. The van der Waals surface area contributed by atoms with Crippen molar-refractivity contribution in [3.05, 3.63) is 72.4 Å².